The zero-order chi connectivity index (χ0) is 13.0. The van der Waals surface area contributed by atoms with Crippen LogP contribution in [-0.2, 0) is 0 Å². The van der Waals surface area contributed by atoms with E-state index in [4.69, 9.17) is 0 Å². The molecule has 1 aliphatic rings. The summed E-state index contributed by atoms with van der Waals surface area (Å²) in [6.07, 6.45) is 5.24. The van der Waals surface area contributed by atoms with Gasteiger partial charge in [-0.1, -0.05) is 48.3 Å². The molecule has 2 atom stereocenters. The van der Waals surface area contributed by atoms with Gasteiger partial charge in [0.1, 0.15) is 0 Å². The van der Waals surface area contributed by atoms with E-state index in [1.165, 1.54) is 42.3 Å². The molecule has 1 aliphatic heterocycles. The monoisotopic (exact) mass is 309 g/mol. The summed E-state index contributed by atoms with van der Waals surface area (Å²) in [5.74, 6) is 0.661. The van der Waals surface area contributed by atoms with Crippen molar-refractivity contribution in [3.05, 3.63) is 34.3 Å². The summed E-state index contributed by atoms with van der Waals surface area (Å²) in [5, 5.41) is 3.58. The van der Waals surface area contributed by atoms with Crippen LogP contribution in [0.25, 0.3) is 0 Å². The Kier molecular flexibility index (Phi) is 4.85. The van der Waals surface area contributed by atoms with Gasteiger partial charge in [-0.2, -0.15) is 0 Å². The van der Waals surface area contributed by atoms with Crippen molar-refractivity contribution in [2.45, 2.75) is 45.4 Å². The van der Waals surface area contributed by atoms with Gasteiger partial charge in [0.05, 0.1) is 0 Å². The van der Waals surface area contributed by atoms with E-state index in [0.29, 0.717) is 11.3 Å². The minimum Gasteiger partial charge on any atom is -0.316 e. The number of benzene rings is 1. The highest BCUT2D eigenvalue weighted by atomic mass is 79.9. The van der Waals surface area contributed by atoms with Gasteiger partial charge in [0.15, 0.2) is 0 Å². The number of piperidine rings is 1. The average molecular weight is 310 g/mol. The second kappa shape index (κ2) is 6.21. The van der Waals surface area contributed by atoms with Gasteiger partial charge >= 0.3 is 0 Å². The Morgan fingerprint density at radius 2 is 2.22 bits per heavy atom. The minimum absolute atomic E-state index is 0.501. The highest BCUT2D eigenvalue weighted by molar-refractivity contribution is 9.10. The molecule has 1 saturated heterocycles. The van der Waals surface area contributed by atoms with Gasteiger partial charge in [-0.3, -0.25) is 0 Å². The maximum Gasteiger partial charge on any atom is 0.0178 e. The summed E-state index contributed by atoms with van der Waals surface area (Å²) in [6, 6.07) is 8.88. The number of rotatable bonds is 4. The molecule has 1 nitrogen and oxygen atoms in total. The molecule has 18 heavy (non-hydrogen) atoms. The Labute approximate surface area is 119 Å². The predicted molar refractivity (Wildman–Crippen MR) is 82.0 cm³/mol. The summed E-state index contributed by atoms with van der Waals surface area (Å²) >= 11 is 3.61. The highest BCUT2D eigenvalue weighted by Crippen LogP contribution is 2.47. The van der Waals surface area contributed by atoms with Crippen LogP contribution in [0.3, 0.4) is 0 Å². The van der Waals surface area contributed by atoms with E-state index in [2.05, 4.69) is 59.4 Å². The highest BCUT2D eigenvalue weighted by Gasteiger charge is 2.39. The van der Waals surface area contributed by atoms with Crippen LogP contribution in [0, 0.1) is 5.41 Å². The maximum atomic E-state index is 3.61. The topological polar surface area (TPSA) is 12.0 Å². The van der Waals surface area contributed by atoms with Crippen molar-refractivity contribution in [1.29, 1.82) is 0 Å². The fourth-order valence-electron chi connectivity index (χ4n) is 3.57. The molecule has 2 heteroatoms. The Balaban J connectivity index is 2.32. The number of halogens is 1. The first-order valence-corrected chi connectivity index (χ1v) is 7.97. The minimum atomic E-state index is 0.501. The molecule has 0 aromatic heterocycles. The van der Waals surface area contributed by atoms with E-state index in [1.807, 2.05) is 0 Å². The molecular formula is C16H24BrN. The van der Waals surface area contributed by atoms with Crippen LogP contribution in [-0.4, -0.2) is 13.1 Å². The third-order valence-electron chi connectivity index (χ3n) is 4.59. The lowest BCUT2D eigenvalue weighted by Gasteiger charge is -2.45. The van der Waals surface area contributed by atoms with Crippen molar-refractivity contribution in [1.82, 2.24) is 5.32 Å². The van der Waals surface area contributed by atoms with Crippen LogP contribution in [0.2, 0.25) is 0 Å². The molecule has 0 saturated carbocycles. The van der Waals surface area contributed by atoms with Gasteiger partial charge in [-0.25, -0.2) is 0 Å². The van der Waals surface area contributed by atoms with Crippen molar-refractivity contribution in [2.24, 2.45) is 5.41 Å². The van der Waals surface area contributed by atoms with Gasteiger partial charge in [0.25, 0.3) is 0 Å². The van der Waals surface area contributed by atoms with Crippen molar-refractivity contribution in [3.8, 4) is 0 Å². The van der Waals surface area contributed by atoms with E-state index in [0.717, 1.165) is 6.54 Å². The number of nitrogens with one attached hydrogen (secondary N) is 1. The SMILES string of the molecule is CCCC1(CC)CCNCC1c1cccc(Br)c1. The molecule has 2 unspecified atom stereocenters. The largest absolute Gasteiger partial charge is 0.316 e. The van der Waals surface area contributed by atoms with Crippen LogP contribution < -0.4 is 5.32 Å². The predicted octanol–water partition coefficient (Wildman–Crippen LogP) is 4.72. The van der Waals surface area contributed by atoms with Crippen LogP contribution in [0.15, 0.2) is 28.7 Å². The first-order chi connectivity index (χ1) is 8.72. The first kappa shape index (κ1) is 14.1. The fourth-order valence-corrected chi connectivity index (χ4v) is 3.98. The third kappa shape index (κ3) is 2.80. The standard InChI is InChI=1S/C16H24BrN/c1-3-8-16(4-2)9-10-18-12-15(16)13-6-5-7-14(17)11-13/h5-7,11,15,18H,3-4,8-10,12H2,1-2H3. The quantitative estimate of drug-likeness (QED) is 0.848. The lowest BCUT2D eigenvalue weighted by Crippen LogP contribution is -2.43. The molecule has 1 N–H and O–H groups in total. The van der Waals surface area contributed by atoms with Gasteiger partial charge in [0, 0.05) is 16.9 Å². The number of hydrogen-bond acceptors (Lipinski definition) is 1. The number of hydrogen-bond donors (Lipinski definition) is 1. The zero-order valence-electron chi connectivity index (χ0n) is 11.5. The van der Waals surface area contributed by atoms with E-state index in [-0.39, 0.29) is 0 Å². The van der Waals surface area contributed by atoms with Gasteiger partial charge < -0.3 is 5.32 Å². The van der Waals surface area contributed by atoms with E-state index in [1.54, 1.807) is 0 Å². The molecule has 2 rings (SSSR count). The Morgan fingerprint density at radius 3 is 2.89 bits per heavy atom. The Bertz CT molecular complexity index is 386. The molecule has 0 aliphatic carbocycles. The maximum absolute atomic E-state index is 3.61. The second-order valence-electron chi connectivity index (χ2n) is 5.53. The molecule has 0 radical (unpaired) electrons. The van der Waals surface area contributed by atoms with Gasteiger partial charge in [-0.05, 0) is 48.9 Å². The molecule has 0 amide bonds. The lowest BCUT2D eigenvalue weighted by molar-refractivity contribution is 0.139. The molecule has 1 fully saturated rings. The molecule has 1 heterocycles. The van der Waals surface area contributed by atoms with E-state index >= 15 is 0 Å². The zero-order valence-corrected chi connectivity index (χ0v) is 13.1. The van der Waals surface area contributed by atoms with Crippen LogP contribution >= 0.6 is 15.9 Å². The fraction of sp³-hybridized carbons (Fsp3) is 0.625. The summed E-state index contributed by atoms with van der Waals surface area (Å²) in [5.41, 5.74) is 1.99. The average Bonchev–Trinajstić information content (AvgIpc) is 2.39. The molecule has 0 spiro atoms. The molecule has 1 aromatic carbocycles. The summed E-state index contributed by atoms with van der Waals surface area (Å²) in [4.78, 5) is 0. The van der Waals surface area contributed by atoms with Gasteiger partial charge in [0.2, 0.25) is 0 Å². The normalized spacial score (nSPS) is 28.3. The lowest BCUT2D eigenvalue weighted by atomic mass is 9.64. The Morgan fingerprint density at radius 1 is 1.39 bits per heavy atom. The molecule has 1 aromatic rings. The smallest absolute Gasteiger partial charge is 0.0178 e. The van der Waals surface area contributed by atoms with Gasteiger partial charge in [-0.15, -0.1) is 0 Å². The molecular weight excluding hydrogens is 286 g/mol. The van der Waals surface area contributed by atoms with Crippen molar-refractivity contribution < 1.29 is 0 Å². The summed E-state index contributed by atoms with van der Waals surface area (Å²) in [6.45, 7) is 6.99. The van der Waals surface area contributed by atoms with Crippen molar-refractivity contribution in [3.63, 3.8) is 0 Å². The van der Waals surface area contributed by atoms with Crippen LogP contribution in [0.1, 0.15) is 51.0 Å². The van der Waals surface area contributed by atoms with Crippen LogP contribution in [0.5, 0.6) is 0 Å². The summed E-state index contributed by atoms with van der Waals surface area (Å²) in [7, 11) is 0. The molecule has 0 bridgehead atoms. The molecule has 100 valence electrons. The van der Waals surface area contributed by atoms with Crippen molar-refractivity contribution in [2.75, 3.05) is 13.1 Å². The van der Waals surface area contributed by atoms with E-state index < -0.39 is 0 Å². The first-order valence-electron chi connectivity index (χ1n) is 7.18. The van der Waals surface area contributed by atoms with Crippen LogP contribution in [0.4, 0.5) is 0 Å². The third-order valence-corrected chi connectivity index (χ3v) is 5.08. The van der Waals surface area contributed by atoms with Crippen molar-refractivity contribution >= 4 is 15.9 Å². The second-order valence-corrected chi connectivity index (χ2v) is 6.44. The van der Waals surface area contributed by atoms with E-state index in [9.17, 15) is 0 Å². The Hall–Kier alpha value is -0.340. The summed E-state index contributed by atoms with van der Waals surface area (Å²) < 4.78 is 1.20.